The van der Waals surface area contributed by atoms with Gasteiger partial charge in [-0.1, -0.05) is 54.7 Å². The van der Waals surface area contributed by atoms with Gasteiger partial charge in [0.1, 0.15) is 6.29 Å². The first-order valence-corrected chi connectivity index (χ1v) is 13.9. The standard InChI is InChI=1S/C35H34O3/c1-35-21-31(26-11-9-23(10-12-26)5-2-3-6-24-7-4-8-25(19-24)22-36)34-29-16-14-28(37)20-27(29)13-15-30(34)32(35)17-18-33(35)38/h3-4,6-12,19-20,22,30-33,38H,13-18,21H2,1H3/b6-3+. The zero-order valence-electron chi connectivity index (χ0n) is 22.0. The van der Waals surface area contributed by atoms with Gasteiger partial charge in [0.15, 0.2) is 5.78 Å². The molecule has 0 aliphatic heterocycles. The molecule has 5 unspecified atom stereocenters. The molecule has 4 aliphatic rings. The van der Waals surface area contributed by atoms with Crippen molar-refractivity contribution >= 4 is 18.1 Å². The van der Waals surface area contributed by atoms with Gasteiger partial charge in [0.05, 0.1) is 6.10 Å². The lowest BCUT2D eigenvalue weighted by atomic mass is 9.53. The minimum atomic E-state index is -0.240. The van der Waals surface area contributed by atoms with E-state index in [1.165, 1.54) is 16.7 Å². The molecule has 2 saturated carbocycles. The molecular weight excluding hydrogens is 468 g/mol. The molecule has 192 valence electrons. The molecule has 2 aromatic carbocycles. The van der Waals surface area contributed by atoms with Gasteiger partial charge < -0.3 is 5.11 Å². The van der Waals surface area contributed by atoms with E-state index in [0.717, 1.165) is 55.9 Å². The second-order valence-corrected chi connectivity index (χ2v) is 11.7. The van der Waals surface area contributed by atoms with Crippen LogP contribution in [-0.4, -0.2) is 23.3 Å². The molecule has 5 atom stereocenters. The van der Waals surface area contributed by atoms with Crippen molar-refractivity contribution in [1.29, 1.82) is 0 Å². The van der Waals surface area contributed by atoms with Gasteiger partial charge in [-0.3, -0.25) is 9.59 Å². The summed E-state index contributed by atoms with van der Waals surface area (Å²) in [6, 6.07) is 16.1. The molecule has 0 bridgehead atoms. The summed E-state index contributed by atoms with van der Waals surface area (Å²) in [7, 11) is 0. The van der Waals surface area contributed by atoms with Crippen LogP contribution >= 0.6 is 0 Å². The van der Waals surface area contributed by atoms with Gasteiger partial charge in [-0.15, -0.1) is 0 Å². The van der Waals surface area contributed by atoms with E-state index in [1.807, 2.05) is 36.4 Å². The average Bonchev–Trinajstić information content (AvgIpc) is 3.24. The van der Waals surface area contributed by atoms with Crippen molar-refractivity contribution in [1.82, 2.24) is 0 Å². The molecule has 2 aromatic rings. The molecule has 0 radical (unpaired) electrons. The topological polar surface area (TPSA) is 54.4 Å². The molecule has 3 heteroatoms. The molecular formula is C35H34O3. The summed E-state index contributed by atoms with van der Waals surface area (Å²) in [5, 5.41) is 11.1. The van der Waals surface area contributed by atoms with Crippen molar-refractivity contribution in [2.45, 2.75) is 63.9 Å². The number of carbonyl (C=O) groups excluding carboxylic acids is 2. The highest BCUT2D eigenvalue weighted by molar-refractivity contribution is 5.93. The molecule has 2 fully saturated rings. The Morgan fingerprint density at radius 2 is 1.82 bits per heavy atom. The largest absolute Gasteiger partial charge is 0.393 e. The minimum Gasteiger partial charge on any atom is -0.393 e. The second kappa shape index (κ2) is 10.0. The van der Waals surface area contributed by atoms with E-state index >= 15 is 0 Å². The first kappa shape index (κ1) is 24.8. The fourth-order valence-electron chi connectivity index (χ4n) is 7.73. The highest BCUT2D eigenvalue weighted by Gasteiger charge is 2.56. The molecule has 3 nitrogen and oxygen atoms in total. The van der Waals surface area contributed by atoms with Gasteiger partial charge in [0, 0.05) is 23.5 Å². The lowest BCUT2D eigenvalue weighted by Crippen LogP contribution is -2.45. The van der Waals surface area contributed by atoms with Crippen LogP contribution in [0.2, 0.25) is 0 Å². The van der Waals surface area contributed by atoms with E-state index in [0.29, 0.717) is 23.8 Å². The van der Waals surface area contributed by atoms with Gasteiger partial charge in [-0.25, -0.2) is 0 Å². The smallest absolute Gasteiger partial charge is 0.156 e. The molecule has 0 heterocycles. The summed E-state index contributed by atoms with van der Waals surface area (Å²) < 4.78 is 0. The third kappa shape index (κ3) is 4.42. The number of allylic oxidation sites excluding steroid dienone is 5. The maximum Gasteiger partial charge on any atom is 0.156 e. The quantitative estimate of drug-likeness (QED) is 0.370. The van der Waals surface area contributed by atoms with E-state index < -0.39 is 0 Å². The zero-order chi connectivity index (χ0) is 26.3. The van der Waals surface area contributed by atoms with Crippen LogP contribution in [0.5, 0.6) is 0 Å². The normalized spacial score (nSPS) is 30.2. The maximum atomic E-state index is 12.2. The average molecular weight is 503 g/mol. The molecule has 38 heavy (non-hydrogen) atoms. The van der Waals surface area contributed by atoms with Crippen LogP contribution in [0.3, 0.4) is 0 Å². The van der Waals surface area contributed by atoms with E-state index in [4.69, 9.17) is 0 Å². The van der Waals surface area contributed by atoms with E-state index in [9.17, 15) is 14.7 Å². The SMILES string of the molecule is CC12CC(c3ccc(C#C/C=C/c4cccc(C=O)c4)cc3)C3=C4CCC(=O)C=C4CCC3C1CCC2O. The Bertz CT molecular complexity index is 1430. The minimum absolute atomic E-state index is 0.0600. The third-order valence-corrected chi connectivity index (χ3v) is 9.62. The summed E-state index contributed by atoms with van der Waals surface area (Å²) in [6.07, 6.45) is 12.8. The molecule has 0 spiro atoms. The summed E-state index contributed by atoms with van der Waals surface area (Å²) in [5.74, 6) is 7.91. The van der Waals surface area contributed by atoms with Crippen molar-refractivity contribution in [3.8, 4) is 11.8 Å². The fraction of sp³-hybridized carbons (Fsp3) is 0.371. The van der Waals surface area contributed by atoms with Crippen molar-refractivity contribution in [3.63, 3.8) is 0 Å². The highest BCUT2D eigenvalue weighted by Crippen LogP contribution is 2.63. The van der Waals surface area contributed by atoms with Gasteiger partial charge >= 0.3 is 0 Å². The number of aliphatic hydroxyl groups excluding tert-OH is 1. The lowest BCUT2D eigenvalue weighted by Gasteiger charge is -2.52. The molecule has 0 aromatic heterocycles. The van der Waals surface area contributed by atoms with Crippen LogP contribution in [0.4, 0.5) is 0 Å². The zero-order valence-corrected chi connectivity index (χ0v) is 22.0. The Hall–Kier alpha value is -3.48. The van der Waals surface area contributed by atoms with Crippen LogP contribution in [0.1, 0.15) is 84.8 Å². The lowest BCUT2D eigenvalue weighted by molar-refractivity contribution is -0.114. The number of hydrogen-bond acceptors (Lipinski definition) is 3. The Morgan fingerprint density at radius 1 is 1.00 bits per heavy atom. The molecule has 4 aliphatic carbocycles. The predicted molar refractivity (Wildman–Crippen MR) is 150 cm³/mol. The third-order valence-electron chi connectivity index (χ3n) is 9.62. The van der Waals surface area contributed by atoms with E-state index in [1.54, 1.807) is 11.6 Å². The first-order valence-electron chi connectivity index (χ1n) is 13.9. The fourth-order valence-corrected chi connectivity index (χ4v) is 7.73. The Kier molecular flexibility index (Phi) is 6.54. The number of fused-ring (bicyclic) bond motifs is 4. The van der Waals surface area contributed by atoms with Crippen LogP contribution < -0.4 is 0 Å². The molecule has 0 amide bonds. The monoisotopic (exact) mass is 502 g/mol. The maximum absolute atomic E-state index is 12.2. The van der Waals surface area contributed by atoms with Crippen LogP contribution in [0, 0.1) is 29.1 Å². The van der Waals surface area contributed by atoms with Crippen molar-refractivity contribution in [2.24, 2.45) is 17.3 Å². The Labute approximate surface area is 225 Å². The van der Waals surface area contributed by atoms with E-state index in [2.05, 4.69) is 43.0 Å². The Balaban J connectivity index is 1.30. The van der Waals surface area contributed by atoms with Crippen molar-refractivity contribution in [3.05, 3.63) is 99.7 Å². The summed E-state index contributed by atoms with van der Waals surface area (Å²) in [4.78, 5) is 23.2. The van der Waals surface area contributed by atoms with E-state index in [-0.39, 0.29) is 23.2 Å². The molecule has 1 N–H and O–H groups in total. The van der Waals surface area contributed by atoms with Gasteiger partial charge in [-0.2, -0.15) is 0 Å². The van der Waals surface area contributed by atoms with Crippen molar-refractivity contribution < 1.29 is 14.7 Å². The van der Waals surface area contributed by atoms with Gasteiger partial charge in [0.25, 0.3) is 0 Å². The number of aliphatic hydroxyl groups is 1. The van der Waals surface area contributed by atoms with Crippen LogP contribution in [0.15, 0.2) is 77.4 Å². The number of carbonyl (C=O) groups is 2. The second-order valence-electron chi connectivity index (χ2n) is 11.7. The van der Waals surface area contributed by atoms with Crippen molar-refractivity contribution in [2.75, 3.05) is 0 Å². The summed E-state index contributed by atoms with van der Waals surface area (Å²) in [5.41, 5.74) is 8.08. The number of ketones is 1. The highest BCUT2D eigenvalue weighted by atomic mass is 16.3. The number of benzene rings is 2. The summed E-state index contributed by atoms with van der Waals surface area (Å²) in [6.45, 7) is 2.32. The molecule has 6 rings (SSSR count). The number of hydrogen-bond donors (Lipinski definition) is 1. The van der Waals surface area contributed by atoms with Crippen LogP contribution in [0.25, 0.3) is 6.08 Å². The van der Waals surface area contributed by atoms with Gasteiger partial charge in [0.2, 0.25) is 0 Å². The predicted octanol–water partition coefficient (Wildman–Crippen LogP) is 6.82. The first-order chi connectivity index (χ1) is 18.5. The van der Waals surface area contributed by atoms with Crippen LogP contribution in [-0.2, 0) is 4.79 Å². The molecule has 0 saturated heterocycles. The Morgan fingerprint density at radius 3 is 2.63 bits per heavy atom. The summed E-state index contributed by atoms with van der Waals surface area (Å²) >= 11 is 0. The number of aldehydes is 1. The van der Waals surface area contributed by atoms with Gasteiger partial charge in [-0.05, 0) is 114 Å². The number of rotatable bonds is 3.